The third kappa shape index (κ3) is 3.91. The topological polar surface area (TPSA) is 131 Å². The van der Waals surface area contributed by atoms with Crippen molar-refractivity contribution in [3.63, 3.8) is 0 Å². The number of carbonyl (C=O) groups is 1. The van der Waals surface area contributed by atoms with E-state index in [1.54, 1.807) is 6.07 Å². The molecule has 0 spiro atoms. The molecule has 1 fully saturated rings. The number of nitrogens with one attached hydrogen (secondary N) is 1. The van der Waals surface area contributed by atoms with Crippen molar-refractivity contribution in [1.29, 1.82) is 0 Å². The van der Waals surface area contributed by atoms with Crippen molar-refractivity contribution >= 4 is 21.9 Å². The minimum atomic E-state index is -3.59. The van der Waals surface area contributed by atoms with Crippen LogP contribution in [0.25, 0.3) is 11.7 Å². The van der Waals surface area contributed by atoms with Crippen LogP contribution < -0.4 is 5.32 Å². The average molecular weight is 417 g/mol. The van der Waals surface area contributed by atoms with Crippen LogP contribution in [-0.4, -0.2) is 46.6 Å². The number of anilines is 1. The lowest BCUT2D eigenvalue weighted by molar-refractivity contribution is 0.102. The zero-order chi connectivity index (χ0) is 20.4. The molecule has 0 saturated carbocycles. The Morgan fingerprint density at radius 3 is 2.66 bits per heavy atom. The number of piperidine rings is 1. The lowest BCUT2D eigenvalue weighted by Gasteiger charge is -2.32. The molecule has 3 aromatic rings. The summed E-state index contributed by atoms with van der Waals surface area (Å²) in [5.41, 5.74) is 0.259. The molecule has 10 nitrogen and oxygen atoms in total. The van der Waals surface area contributed by atoms with Gasteiger partial charge in [0.05, 0.1) is 11.1 Å². The molecular weight excluding hydrogens is 398 g/mol. The fourth-order valence-electron chi connectivity index (χ4n) is 3.21. The predicted molar refractivity (Wildman–Crippen MR) is 101 cm³/mol. The Balaban J connectivity index is 1.47. The van der Waals surface area contributed by atoms with Crippen LogP contribution in [0, 0.1) is 0 Å². The van der Waals surface area contributed by atoms with Crippen molar-refractivity contribution in [1.82, 2.24) is 19.7 Å². The van der Waals surface area contributed by atoms with Gasteiger partial charge in [0.1, 0.15) is 0 Å². The number of amides is 1. The third-order valence-electron chi connectivity index (χ3n) is 4.76. The minimum absolute atomic E-state index is 0.0344. The molecule has 1 atom stereocenters. The van der Waals surface area contributed by atoms with Crippen LogP contribution in [0.3, 0.4) is 0 Å². The Labute approximate surface area is 166 Å². The van der Waals surface area contributed by atoms with E-state index in [1.807, 2.05) is 6.92 Å². The zero-order valence-corrected chi connectivity index (χ0v) is 16.4. The van der Waals surface area contributed by atoms with Crippen molar-refractivity contribution < 1.29 is 22.2 Å². The van der Waals surface area contributed by atoms with E-state index in [2.05, 4.69) is 20.7 Å². The molecule has 4 rings (SSSR count). The molecule has 0 unspecified atom stereocenters. The number of rotatable bonds is 5. The summed E-state index contributed by atoms with van der Waals surface area (Å²) in [5.74, 6) is -0.151. The normalized spacial score (nSPS) is 17.9. The van der Waals surface area contributed by atoms with Gasteiger partial charge in [0, 0.05) is 24.2 Å². The standard InChI is InChI=1S/C18H19N5O5S/c1-12-4-2-3-11-23(12)29(25,26)14-7-5-13(6-8-14)16(24)20-18-22-21-17(27-18)15-9-10-19-28-15/h5-10,12H,2-4,11H2,1H3,(H,20,22,24)/t12-/m0/s1. The maximum atomic E-state index is 12.9. The van der Waals surface area contributed by atoms with E-state index >= 15 is 0 Å². The molecule has 2 aromatic heterocycles. The average Bonchev–Trinajstić information content (AvgIpc) is 3.40. The molecule has 0 radical (unpaired) electrons. The Morgan fingerprint density at radius 1 is 1.17 bits per heavy atom. The number of nitrogens with zero attached hydrogens (tertiary/aromatic N) is 4. The molecule has 11 heteroatoms. The van der Waals surface area contributed by atoms with Crippen LogP contribution in [-0.2, 0) is 10.0 Å². The van der Waals surface area contributed by atoms with Crippen LogP contribution in [0.15, 0.2) is 50.4 Å². The van der Waals surface area contributed by atoms with Crippen LogP contribution in [0.1, 0.15) is 36.5 Å². The summed E-state index contributed by atoms with van der Waals surface area (Å²) in [5, 5.41) is 13.5. The highest BCUT2D eigenvalue weighted by molar-refractivity contribution is 7.89. The van der Waals surface area contributed by atoms with Crippen molar-refractivity contribution in [3.05, 3.63) is 42.1 Å². The van der Waals surface area contributed by atoms with E-state index in [1.165, 1.54) is 34.8 Å². The van der Waals surface area contributed by atoms with Crippen molar-refractivity contribution in [2.75, 3.05) is 11.9 Å². The molecule has 1 N–H and O–H groups in total. The van der Waals surface area contributed by atoms with Gasteiger partial charge >= 0.3 is 6.01 Å². The number of aromatic nitrogens is 3. The third-order valence-corrected chi connectivity index (χ3v) is 6.79. The zero-order valence-electron chi connectivity index (χ0n) is 15.6. The maximum absolute atomic E-state index is 12.9. The molecule has 1 aliphatic rings. The van der Waals surface area contributed by atoms with Crippen LogP contribution in [0.4, 0.5) is 6.01 Å². The van der Waals surface area contributed by atoms with E-state index in [0.717, 1.165) is 19.3 Å². The fourth-order valence-corrected chi connectivity index (χ4v) is 4.91. The van der Waals surface area contributed by atoms with Crippen LogP contribution >= 0.6 is 0 Å². The molecule has 0 bridgehead atoms. The molecule has 1 saturated heterocycles. The highest BCUT2D eigenvalue weighted by atomic mass is 32.2. The minimum Gasteiger partial charge on any atom is -0.400 e. The summed E-state index contributed by atoms with van der Waals surface area (Å²) in [7, 11) is -3.59. The van der Waals surface area contributed by atoms with Gasteiger partial charge in [0.25, 0.3) is 11.8 Å². The fraction of sp³-hybridized carbons (Fsp3) is 0.333. The van der Waals surface area contributed by atoms with E-state index < -0.39 is 15.9 Å². The molecule has 3 heterocycles. The number of hydrogen-bond acceptors (Lipinski definition) is 8. The number of hydrogen-bond donors (Lipinski definition) is 1. The lowest BCUT2D eigenvalue weighted by Crippen LogP contribution is -2.41. The molecule has 29 heavy (non-hydrogen) atoms. The largest absolute Gasteiger partial charge is 0.400 e. The Kier molecular flexibility index (Phi) is 5.16. The van der Waals surface area contributed by atoms with Gasteiger partial charge in [-0.25, -0.2) is 8.42 Å². The van der Waals surface area contributed by atoms with Gasteiger partial charge in [-0.1, -0.05) is 16.7 Å². The molecular formula is C18H19N5O5S. The second-order valence-electron chi connectivity index (χ2n) is 6.73. The van der Waals surface area contributed by atoms with Gasteiger partial charge in [0.15, 0.2) is 0 Å². The van der Waals surface area contributed by atoms with Gasteiger partial charge in [-0.15, -0.1) is 5.10 Å². The smallest absolute Gasteiger partial charge is 0.322 e. The van der Waals surface area contributed by atoms with Gasteiger partial charge in [-0.3, -0.25) is 10.1 Å². The number of sulfonamides is 1. The summed E-state index contributed by atoms with van der Waals surface area (Å²) < 4.78 is 37.5. The first-order valence-corrected chi connectivity index (χ1v) is 10.6. The molecule has 1 amide bonds. The summed E-state index contributed by atoms with van der Waals surface area (Å²) in [6.45, 7) is 2.42. The molecule has 1 aromatic carbocycles. The predicted octanol–water partition coefficient (Wildman–Crippen LogP) is 2.54. The number of benzene rings is 1. The Morgan fingerprint density at radius 2 is 1.97 bits per heavy atom. The summed E-state index contributed by atoms with van der Waals surface area (Å²) in [6, 6.07) is 7.16. The van der Waals surface area contributed by atoms with Crippen molar-refractivity contribution in [3.8, 4) is 11.7 Å². The van der Waals surface area contributed by atoms with E-state index in [4.69, 9.17) is 8.94 Å². The Bertz CT molecular complexity index is 1090. The maximum Gasteiger partial charge on any atom is 0.322 e. The van der Waals surface area contributed by atoms with Gasteiger partial charge in [0.2, 0.25) is 15.8 Å². The monoisotopic (exact) mass is 417 g/mol. The number of carbonyl (C=O) groups excluding carboxylic acids is 1. The van der Waals surface area contributed by atoms with Crippen molar-refractivity contribution in [2.45, 2.75) is 37.1 Å². The van der Waals surface area contributed by atoms with Gasteiger partial charge < -0.3 is 8.94 Å². The van der Waals surface area contributed by atoms with Gasteiger partial charge in [-0.05, 0) is 44.0 Å². The lowest BCUT2D eigenvalue weighted by atomic mass is 10.1. The molecule has 1 aliphatic heterocycles. The van der Waals surface area contributed by atoms with Crippen LogP contribution in [0.2, 0.25) is 0 Å². The first-order chi connectivity index (χ1) is 13.9. The molecule has 0 aliphatic carbocycles. The molecule has 152 valence electrons. The van der Waals surface area contributed by atoms with E-state index in [9.17, 15) is 13.2 Å². The van der Waals surface area contributed by atoms with Crippen LogP contribution in [0.5, 0.6) is 0 Å². The van der Waals surface area contributed by atoms with E-state index in [-0.39, 0.29) is 34.2 Å². The first-order valence-electron chi connectivity index (χ1n) is 9.13. The second kappa shape index (κ2) is 7.76. The van der Waals surface area contributed by atoms with E-state index in [0.29, 0.717) is 6.54 Å². The first kappa shape index (κ1) is 19.3. The highest BCUT2D eigenvalue weighted by Gasteiger charge is 2.31. The summed E-state index contributed by atoms with van der Waals surface area (Å²) in [6.07, 6.45) is 4.16. The quantitative estimate of drug-likeness (QED) is 0.670. The Hall–Kier alpha value is -3.05. The van der Waals surface area contributed by atoms with Gasteiger partial charge in [-0.2, -0.15) is 4.31 Å². The highest BCUT2D eigenvalue weighted by Crippen LogP contribution is 2.25. The SMILES string of the molecule is C[C@H]1CCCCN1S(=O)(=O)c1ccc(C(=O)Nc2nnc(-c3ccno3)o2)cc1. The van der Waals surface area contributed by atoms with Crippen molar-refractivity contribution in [2.24, 2.45) is 0 Å². The summed E-state index contributed by atoms with van der Waals surface area (Å²) in [4.78, 5) is 12.6. The second-order valence-corrected chi connectivity index (χ2v) is 8.62. The summed E-state index contributed by atoms with van der Waals surface area (Å²) >= 11 is 0.